The topological polar surface area (TPSA) is 110 Å². The van der Waals surface area contributed by atoms with Crippen LogP contribution in [0.15, 0.2) is 47.4 Å². The number of sulfonamides is 1. The highest BCUT2D eigenvalue weighted by atomic mass is 32.2. The van der Waals surface area contributed by atoms with Crippen LogP contribution in [0.2, 0.25) is 0 Å². The molecule has 1 aliphatic rings. The Morgan fingerprint density at radius 2 is 1.74 bits per heavy atom. The lowest BCUT2D eigenvalue weighted by atomic mass is 9.93. The average molecular weight is 389 g/mol. The standard InChI is InChI=1S/C19H23N3O4S/c20-18(23)12-14-8-10-22(11-9-14)19(24)13-21-27(25,26)17-7-3-5-15-4-1-2-6-16(15)17/h1-7,14,21H,8-13H2,(H2,20,23). The Labute approximate surface area is 158 Å². The number of amides is 2. The van der Waals surface area contributed by atoms with E-state index in [9.17, 15) is 18.0 Å². The van der Waals surface area contributed by atoms with Crippen molar-refractivity contribution in [2.75, 3.05) is 19.6 Å². The third kappa shape index (κ3) is 4.64. The molecule has 1 fully saturated rings. The van der Waals surface area contributed by atoms with Gasteiger partial charge < -0.3 is 10.6 Å². The summed E-state index contributed by atoms with van der Waals surface area (Å²) in [6, 6.07) is 12.3. The average Bonchev–Trinajstić information content (AvgIpc) is 2.66. The molecule has 2 aromatic rings. The van der Waals surface area contributed by atoms with Crippen LogP contribution in [0, 0.1) is 5.92 Å². The monoisotopic (exact) mass is 389 g/mol. The molecule has 2 aromatic carbocycles. The van der Waals surface area contributed by atoms with Crippen molar-refractivity contribution in [1.82, 2.24) is 9.62 Å². The number of benzene rings is 2. The zero-order chi connectivity index (χ0) is 19.4. The van der Waals surface area contributed by atoms with E-state index in [-0.39, 0.29) is 29.2 Å². The van der Waals surface area contributed by atoms with Gasteiger partial charge in [-0.2, -0.15) is 0 Å². The third-order valence-electron chi connectivity index (χ3n) is 4.91. The second kappa shape index (κ2) is 8.06. The summed E-state index contributed by atoms with van der Waals surface area (Å²) in [4.78, 5) is 25.2. The maximum Gasteiger partial charge on any atom is 0.241 e. The van der Waals surface area contributed by atoms with Gasteiger partial charge in [-0.1, -0.05) is 36.4 Å². The summed E-state index contributed by atoms with van der Waals surface area (Å²) in [5, 5.41) is 1.44. The molecule has 3 rings (SSSR count). The van der Waals surface area contributed by atoms with Crippen molar-refractivity contribution in [1.29, 1.82) is 0 Å². The van der Waals surface area contributed by atoms with Crippen LogP contribution < -0.4 is 10.5 Å². The number of likely N-dealkylation sites (tertiary alicyclic amines) is 1. The molecule has 0 spiro atoms. The summed E-state index contributed by atoms with van der Waals surface area (Å²) in [5.74, 6) is -0.405. The number of primary amides is 1. The largest absolute Gasteiger partial charge is 0.370 e. The summed E-state index contributed by atoms with van der Waals surface area (Å²) in [7, 11) is -3.81. The molecule has 1 saturated heterocycles. The number of rotatable bonds is 6. The minimum Gasteiger partial charge on any atom is -0.370 e. The summed E-state index contributed by atoms with van der Waals surface area (Å²) in [6.45, 7) is 0.728. The van der Waals surface area contributed by atoms with Crippen LogP contribution in [0.4, 0.5) is 0 Å². The molecule has 144 valence electrons. The van der Waals surface area contributed by atoms with E-state index in [4.69, 9.17) is 5.73 Å². The van der Waals surface area contributed by atoms with Crippen LogP contribution in [-0.4, -0.2) is 44.8 Å². The molecule has 0 radical (unpaired) electrons. The summed E-state index contributed by atoms with van der Waals surface area (Å²) >= 11 is 0. The number of carbonyl (C=O) groups is 2. The predicted molar refractivity (Wildman–Crippen MR) is 102 cm³/mol. The van der Waals surface area contributed by atoms with Gasteiger partial charge in [0.1, 0.15) is 0 Å². The Morgan fingerprint density at radius 1 is 1.07 bits per heavy atom. The maximum atomic E-state index is 12.7. The minimum atomic E-state index is -3.81. The van der Waals surface area contributed by atoms with Gasteiger partial charge in [0.2, 0.25) is 21.8 Å². The van der Waals surface area contributed by atoms with E-state index in [1.807, 2.05) is 18.2 Å². The van der Waals surface area contributed by atoms with Gasteiger partial charge in [0.25, 0.3) is 0 Å². The van der Waals surface area contributed by atoms with Gasteiger partial charge in [-0.25, -0.2) is 13.1 Å². The van der Waals surface area contributed by atoms with Gasteiger partial charge >= 0.3 is 0 Å². The predicted octanol–water partition coefficient (Wildman–Crippen LogP) is 1.23. The molecule has 0 unspecified atom stereocenters. The molecule has 1 aliphatic heterocycles. The molecule has 2 amide bonds. The van der Waals surface area contributed by atoms with Crippen LogP contribution in [-0.2, 0) is 19.6 Å². The first-order chi connectivity index (χ1) is 12.9. The van der Waals surface area contributed by atoms with Crippen molar-refractivity contribution >= 4 is 32.6 Å². The molecule has 3 N–H and O–H groups in total. The van der Waals surface area contributed by atoms with Crippen molar-refractivity contribution in [3.05, 3.63) is 42.5 Å². The molecule has 0 atom stereocenters. The second-order valence-corrected chi connectivity index (χ2v) is 8.53. The van der Waals surface area contributed by atoms with E-state index in [2.05, 4.69) is 4.72 Å². The molecular formula is C19H23N3O4S. The van der Waals surface area contributed by atoms with E-state index < -0.39 is 10.0 Å². The Hall–Kier alpha value is -2.45. The molecule has 8 heteroatoms. The van der Waals surface area contributed by atoms with Crippen molar-refractivity contribution in [2.45, 2.75) is 24.2 Å². The van der Waals surface area contributed by atoms with E-state index in [1.54, 1.807) is 23.1 Å². The normalized spacial score (nSPS) is 15.8. The lowest BCUT2D eigenvalue weighted by molar-refractivity contribution is -0.131. The molecule has 0 aliphatic carbocycles. The fraction of sp³-hybridized carbons (Fsp3) is 0.368. The highest BCUT2D eigenvalue weighted by molar-refractivity contribution is 7.89. The SMILES string of the molecule is NC(=O)CC1CCN(C(=O)CNS(=O)(=O)c2cccc3ccccc23)CC1. The molecule has 0 aromatic heterocycles. The molecule has 7 nitrogen and oxygen atoms in total. The number of nitrogens with two attached hydrogens (primary N) is 1. The van der Waals surface area contributed by atoms with Crippen molar-refractivity contribution < 1.29 is 18.0 Å². The van der Waals surface area contributed by atoms with E-state index in [0.717, 1.165) is 5.39 Å². The number of fused-ring (bicyclic) bond motifs is 1. The molecule has 0 bridgehead atoms. The quantitative estimate of drug-likeness (QED) is 0.774. The molecule has 27 heavy (non-hydrogen) atoms. The van der Waals surface area contributed by atoms with E-state index in [0.29, 0.717) is 37.7 Å². The van der Waals surface area contributed by atoms with Crippen molar-refractivity contribution in [3.63, 3.8) is 0 Å². The smallest absolute Gasteiger partial charge is 0.241 e. The first-order valence-electron chi connectivity index (χ1n) is 8.90. The Kier molecular flexibility index (Phi) is 5.76. The summed E-state index contributed by atoms with van der Waals surface area (Å²) in [6.07, 6.45) is 1.73. The lowest BCUT2D eigenvalue weighted by Gasteiger charge is -2.31. The third-order valence-corrected chi connectivity index (χ3v) is 6.37. The van der Waals surface area contributed by atoms with Gasteiger partial charge in [-0.05, 0) is 30.2 Å². The number of hydrogen-bond donors (Lipinski definition) is 2. The van der Waals surface area contributed by atoms with Crippen LogP contribution in [0.1, 0.15) is 19.3 Å². The first kappa shape index (κ1) is 19.3. The summed E-state index contributed by atoms with van der Waals surface area (Å²) < 4.78 is 27.8. The molecule has 1 heterocycles. The molecule has 0 saturated carbocycles. The molecular weight excluding hydrogens is 366 g/mol. The lowest BCUT2D eigenvalue weighted by Crippen LogP contribution is -2.44. The van der Waals surface area contributed by atoms with Crippen LogP contribution >= 0.6 is 0 Å². The summed E-state index contributed by atoms with van der Waals surface area (Å²) in [5.41, 5.74) is 5.21. The zero-order valence-electron chi connectivity index (χ0n) is 14.9. The number of piperidine rings is 1. The fourth-order valence-corrected chi connectivity index (χ4v) is 4.65. The minimum absolute atomic E-state index is 0.161. The highest BCUT2D eigenvalue weighted by Gasteiger charge is 2.25. The highest BCUT2D eigenvalue weighted by Crippen LogP contribution is 2.23. The second-order valence-electron chi connectivity index (χ2n) is 6.80. The van der Waals surface area contributed by atoms with Crippen LogP contribution in [0.25, 0.3) is 10.8 Å². The van der Waals surface area contributed by atoms with Gasteiger partial charge in [0.05, 0.1) is 11.4 Å². The van der Waals surface area contributed by atoms with Gasteiger partial charge in [0.15, 0.2) is 0 Å². The number of nitrogens with zero attached hydrogens (tertiary/aromatic N) is 1. The first-order valence-corrected chi connectivity index (χ1v) is 10.4. The maximum absolute atomic E-state index is 12.7. The van der Waals surface area contributed by atoms with Gasteiger partial charge in [0, 0.05) is 24.9 Å². The van der Waals surface area contributed by atoms with Crippen molar-refractivity contribution in [3.8, 4) is 0 Å². The van der Waals surface area contributed by atoms with Gasteiger partial charge in [-0.15, -0.1) is 0 Å². The fourth-order valence-electron chi connectivity index (χ4n) is 3.45. The Morgan fingerprint density at radius 3 is 2.44 bits per heavy atom. The number of hydrogen-bond acceptors (Lipinski definition) is 4. The van der Waals surface area contributed by atoms with E-state index in [1.165, 1.54) is 6.07 Å². The zero-order valence-corrected chi connectivity index (χ0v) is 15.7. The van der Waals surface area contributed by atoms with Crippen LogP contribution in [0.5, 0.6) is 0 Å². The van der Waals surface area contributed by atoms with Crippen molar-refractivity contribution in [2.24, 2.45) is 11.7 Å². The number of nitrogens with one attached hydrogen (secondary N) is 1. The number of carbonyl (C=O) groups excluding carboxylic acids is 2. The van der Waals surface area contributed by atoms with Crippen LogP contribution in [0.3, 0.4) is 0 Å². The van der Waals surface area contributed by atoms with Gasteiger partial charge in [-0.3, -0.25) is 9.59 Å². The Bertz CT molecular complexity index is 945. The Balaban J connectivity index is 1.62. The van der Waals surface area contributed by atoms with E-state index >= 15 is 0 Å².